The smallest absolute Gasteiger partial charge is 0.253 e. The topological polar surface area (TPSA) is 70.6 Å². The molecule has 1 aromatic carbocycles. The molecule has 1 saturated heterocycles. The van der Waals surface area contributed by atoms with Gasteiger partial charge in [0, 0.05) is 37.8 Å². The number of amides is 1. The third-order valence-corrected chi connectivity index (χ3v) is 7.06. The van der Waals surface area contributed by atoms with Gasteiger partial charge in [-0.15, -0.1) is 11.3 Å². The molecule has 1 aliphatic rings. The lowest BCUT2D eigenvalue weighted by molar-refractivity contribution is 0.0827. The van der Waals surface area contributed by atoms with E-state index in [2.05, 4.69) is 4.98 Å². The fourth-order valence-corrected chi connectivity index (χ4v) is 5.58. The average molecular weight is 380 g/mol. The van der Waals surface area contributed by atoms with Crippen LogP contribution in [0.5, 0.6) is 0 Å². The maximum Gasteiger partial charge on any atom is 0.253 e. The molecule has 1 fully saturated rings. The summed E-state index contributed by atoms with van der Waals surface area (Å²) in [7, 11) is -0.399. The number of carbonyl (C=O) groups is 1. The van der Waals surface area contributed by atoms with Gasteiger partial charge in [0.15, 0.2) is 0 Å². The van der Waals surface area contributed by atoms with E-state index in [1.54, 1.807) is 38.5 Å². The van der Waals surface area contributed by atoms with Gasteiger partial charge in [-0.25, -0.2) is 13.4 Å². The zero-order chi connectivity index (χ0) is 18.0. The molecule has 0 aliphatic carbocycles. The summed E-state index contributed by atoms with van der Waals surface area (Å²) < 4.78 is 28.0. The second kappa shape index (κ2) is 7.23. The molecule has 0 radical (unpaired) electrons. The van der Waals surface area contributed by atoms with Crippen molar-refractivity contribution in [2.45, 2.75) is 30.2 Å². The third-order valence-electron chi connectivity index (χ3n) is 4.28. The van der Waals surface area contributed by atoms with E-state index in [0.29, 0.717) is 12.1 Å². The highest BCUT2D eigenvalue weighted by atomic mass is 32.2. The van der Waals surface area contributed by atoms with Crippen molar-refractivity contribution in [1.82, 2.24) is 14.2 Å². The van der Waals surface area contributed by atoms with Crippen molar-refractivity contribution in [3.05, 3.63) is 46.4 Å². The number of rotatable bonds is 4. The van der Waals surface area contributed by atoms with Gasteiger partial charge in [0.25, 0.3) is 5.91 Å². The first-order chi connectivity index (χ1) is 11.9. The Balaban J connectivity index is 1.97. The Hall–Kier alpha value is -1.77. The first-order valence-electron chi connectivity index (χ1n) is 8.14. The molecule has 6 nitrogen and oxygen atoms in total. The minimum Gasteiger partial charge on any atom is -0.345 e. The van der Waals surface area contributed by atoms with Crippen LogP contribution in [0.25, 0.3) is 0 Å². The molecule has 2 aromatic rings. The van der Waals surface area contributed by atoms with Crippen LogP contribution in [0.3, 0.4) is 0 Å². The van der Waals surface area contributed by atoms with Crippen LogP contribution in [0.1, 0.15) is 40.7 Å². The zero-order valence-corrected chi connectivity index (χ0v) is 15.9. The minimum absolute atomic E-state index is 0.156. The van der Waals surface area contributed by atoms with Crippen molar-refractivity contribution < 1.29 is 13.2 Å². The van der Waals surface area contributed by atoms with Crippen LogP contribution >= 0.6 is 11.3 Å². The van der Waals surface area contributed by atoms with Gasteiger partial charge < -0.3 is 4.90 Å². The monoisotopic (exact) mass is 379 g/mol. The van der Waals surface area contributed by atoms with Gasteiger partial charge >= 0.3 is 0 Å². The molecule has 8 heteroatoms. The van der Waals surface area contributed by atoms with Crippen LogP contribution in [-0.2, 0) is 10.0 Å². The Morgan fingerprint density at radius 3 is 2.80 bits per heavy atom. The van der Waals surface area contributed by atoms with Gasteiger partial charge in [-0.2, -0.15) is 4.31 Å². The van der Waals surface area contributed by atoms with Crippen molar-refractivity contribution in [2.75, 3.05) is 20.6 Å². The number of carbonyl (C=O) groups excluding carboxylic acids is 1. The summed E-state index contributed by atoms with van der Waals surface area (Å²) >= 11 is 1.48. The number of piperidine rings is 1. The lowest BCUT2D eigenvalue weighted by atomic mass is 10.1. The fourth-order valence-electron chi connectivity index (χ4n) is 3.02. The summed E-state index contributed by atoms with van der Waals surface area (Å²) in [5.41, 5.74) is 0.369. The first-order valence-corrected chi connectivity index (χ1v) is 10.5. The molecule has 134 valence electrons. The molecular weight excluding hydrogens is 358 g/mol. The predicted octanol–water partition coefficient (Wildman–Crippen LogP) is 2.76. The predicted molar refractivity (Wildman–Crippen MR) is 97.1 cm³/mol. The largest absolute Gasteiger partial charge is 0.345 e. The number of aromatic nitrogens is 1. The molecule has 0 N–H and O–H groups in total. The van der Waals surface area contributed by atoms with E-state index in [4.69, 9.17) is 0 Å². The van der Waals surface area contributed by atoms with E-state index in [-0.39, 0.29) is 16.8 Å². The van der Waals surface area contributed by atoms with E-state index in [1.165, 1.54) is 26.6 Å². The Bertz CT molecular complexity index is 848. The van der Waals surface area contributed by atoms with Gasteiger partial charge in [0.2, 0.25) is 10.0 Å². The molecule has 0 saturated carbocycles. The average Bonchev–Trinajstić information content (AvgIpc) is 3.15. The lowest BCUT2D eigenvalue weighted by Gasteiger charge is -2.33. The van der Waals surface area contributed by atoms with Gasteiger partial charge in [-0.1, -0.05) is 12.5 Å². The first kappa shape index (κ1) is 18.0. The van der Waals surface area contributed by atoms with E-state index in [1.807, 2.05) is 5.38 Å². The van der Waals surface area contributed by atoms with Crippen molar-refractivity contribution in [1.29, 1.82) is 0 Å². The Kier molecular flexibility index (Phi) is 5.21. The SMILES string of the molecule is CN(C)C(=O)c1cccc(S(=O)(=O)N2CCCCC2c2nccs2)c1. The van der Waals surface area contributed by atoms with Crippen molar-refractivity contribution in [3.63, 3.8) is 0 Å². The van der Waals surface area contributed by atoms with E-state index in [9.17, 15) is 13.2 Å². The normalized spacial score (nSPS) is 18.9. The number of hydrogen-bond donors (Lipinski definition) is 0. The second-order valence-corrected chi connectivity index (χ2v) is 9.04. The van der Waals surface area contributed by atoms with Gasteiger partial charge in [0.1, 0.15) is 5.01 Å². The summed E-state index contributed by atoms with van der Waals surface area (Å²) in [5, 5.41) is 2.69. The highest BCUT2D eigenvalue weighted by molar-refractivity contribution is 7.89. The van der Waals surface area contributed by atoms with Crippen molar-refractivity contribution in [2.24, 2.45) is 0 Å². The minimum atomic E-state index is -3.69. The number of sulfonamides is 1. The summed E-state index contributed by atoms with van der Waals surface area (Å²) in [6.45, 7) is 0.471. The molecule has 25 heavy (non-hydrogen) atoms. The molecule has 1 aromatic heterocycles. The molecule has 1 aliphatic heterocycles. The summed E-state index contributed by atoms with van der Waals surface area (Å²) in [4.78, 5) is 18.1. The molecule has 2 heterocycles. The van der Waals surface area contributed by atoms with Crippen molar-refractivity contribution >= 4 is 27.3 Å². The van der Waals surface area contributed by atoms with Crippen LogP contribution in [0.15, 0.2) is 40.7 Å². The fraction of sp³-hybridized carbons (Fsp3) is 0.412. The van der Waals surface area contributed by atoms with Gasteiger partial charge in [-0.05, 0) is 31.0 Å². The Morgan fingerprint density at radius 2 is 2.12 bits per heavy atom. The number of benzene rings is 1. The van der Waals surface area contributed by atoms with Crippen LogP contribution in [0, 0.1) is 0 Å². The summed E-state index contributed by atoms with van der Waals surface area (Å²) in [5.74, 6) is -0.216. The molecule has 3 rings (SSSR count). The lowest BCUT2D eigenvalue weighted by Crippen LogP contribution is -2.38. The molecule has 1 amide bonds. The van der Waals surface area contributed by atoms with Gasteiger partial charge in [-0.3, -0.25) is 4.79 Å². The summed E-state index contributed by atoms with van der Waals surface area (Å²) in [6, 6.07) is 6.04. The van der Waals surface area contributed by atoms with Crippen molar-refractivity contribution in [3.8, 4) is 0 Å². The number of thiazole rings is 1. The standard InChI is InChI=1S/C17H21N3O3S2/c1-19(2)17(21)13-6-5-7-14(12-13)25(22,23)20-10-4-3-8-15(20)16-18-9-11-24-16/h5-7,9,11-12,15H,3-4,8,10H2,1-2H3. The van der Waals surface area contributed by atoms with Crippen LogP contribution in [0.4, 0.5) is 0 Å². The molecule has 0 bridgehead atoms. The van der Waals surface area contributed by atoms with E-state index in [0.717, 1.165) is 24.3 Å². The Morgan fingerprint density at radius 1 is 1.32 bits per heavy atom. The maximum atomic E-state index is 13.2. The highest BCUT2D eigenvalue weighted by Crippen LogP contribution is 2.36. The number of hydrogen-bond acceptors (Lipinski definition) is 5. The van der Waals surface area contributed by atoms with Crippen LogP contribution < -0.4 is 0 Å². The van der Waals surface area contributed by atoms with E-state index >= 15 is 0 Å². The second-order valence-electron chi connectivity index (χ2n) is 6.23. The van der Waals surface area contributed by atoms with E-state index < -0.39 is 10.0 Å². The quantitative estimate of drug-likeness (QED) is 0.819. The highest BCUT2D eigenvalue weighted by Gasteiger charge is 2.35. The maximum absolute atomic E-state index is 13.2. The van der Waals surface area contributed by atoms with Crippen LogP contribution in [0.2, 0.25) is 0 Å². The molecule has 0 spiro atoms. The molecule has 1 unspecified atom stereocenters. The number of nitrogens with zero attached hydrogens (tertiary/aromatic N) is 3. The molecular formula is C17H21N3O3S2. The van der Waals surface area contributed by atoms with Crippen LogP contribution in [-0.4, -0.2) is 49.2 Å². The third kappa shape index (κ3) is 3.61. The zero-order valence-electron chi connectivity index (χ0n) is 14.3. The molecule has 1 atom stereocenters. The Labute approximate surface area is 152 Å². The van der Waals surface area contributed by atoms with Gasteiger partial charge in [0.05, 0.1) is 10.9 Å². The summed E-state index contributed by atoms with van der Waals surface area (Å²) in [6.07, 6.45) is 4.28.